The molecule has 2 aromatic carbocycles. The SMILES string of the molecule is COc1nc(-c2ccc(C(N)=O)c([C@H](C)C3CCC(c4ccnc5ccc(F)cc45)CC3)c2)cs1. The number of halogens is 1. The zero-order chi connectivity index (χ0) is 24.5. The average Bonchev–Trinajstić information content (AvgIpc) is 3.37. The van der Waals surface area contributed by atoms with Gasteiger partial charge in [0.25, 0.3) is 5.19 Å². The van der Waals surface area contributed by atoms with Crippen molar-refractivity contribution in [1.29, 1.82) is 0 Å². The Labute approximate surface area is 208 Å². The van der Waals surface area contributed by atoms with Gasteiger partial charge < -0.3 is 10.5 Å². The Morgan fingerprint density at radius 3 is 2.66 bits per heavy atom. The number of pyridine rings is 1. The molecular formula is C28H28FN3O2S. The van der Waals surface area contributed by atoms with Crippen LogP contribution in [0.2, 0.25) is 0 Å². The first kappa shape index (κ1) is 23.4. The van der Waals surface area contributed by atoms with E-state index in [0.29, 0.717) is 22.6 Å². The van der Waals surface area contributed by atoms with E-state index in [1.807, 2.05) is 29.8 Å². The minimum Gasteiger partial charge on any atom is -0.473 e. The van der Waals surface area contributed by atoms with Crippen LogP contribution >= 0.6 is 11.3 Å². The van der Waals surface area contributed by atoms with E-state index in [4.69, 9.17) is 10.5 Å². The first-order valence-corrected chi connectivity index (χ1v) is 12.8. The van der Waals surface area contributed by atoms with E-state index in [0.717, 1.165) is 53.4 Å². The molecule has 0 bridgehead atoms. The van der Waals surface area contributed by atoms with Crippen molar-refractivity contribution >= 4 is 28.1 Å². The van der Waals surface area contributed by atoms with E-state index >= 15 is 0 Å². The summed E-state index contributed by atoms with van der Waals surface area (Å²) in [7, 11) is 1.61. The summed E-state index contributed by atoms with van der Waals surface area (Å²) < 4.78 is 19.2. The van der Waals surface area contributed by atoms with Crippen molar-refractivity contribution in [3.63, 3.8) is 0 Å². The van der Waals surface area contributed by atoms with E-state index < -0.39 is 5.91 Å². The average molecular weight is 490 g/mol. The number of aromatic nitrogens is 2. The van der Waals surface area contributed by atoms with Crippen LogP contribution in [0.15, 0.2) is 54.0 Å². The summed E-state index contributed by atoms with van der Waals surface area (Å²) in [5, 5.41) is 3.47. The van der Waals surface area contributed by atoms with Gasteiger partial charge in [0.2, 0.25) is 5.91 Å². The zero-order valence-electron chi connectivity index (χ0n) is 19.8. The number of hydrogen-bond donors (Lipinski definition) is 1. The minimum atomic E-state index is -0.409. The summed E-state index contributed by atoms with van der Waals surface area (Å²) in [6.45, 7) is 2.19. The van der Waals surface area contributed by atoms with Gasteiger partial charge in [0.1, 0.15) is 5.82 Å². The van der Waals surface area contributed by atoms with Crippen molar-refractivity contribution in [1.82, 2.24) is 9.97 Å². The minimum absolute atomic E-state index is 0.172. The first-order valence-electron chi connectivity index (χ1n) is 11.9. The highest BCUT2D eigenvalue weighted by Gasteiger charge is 2.29. The third kappa shape index (κ3) is 4.65. The quantitative estimate of drug-likeness (QED) is 0.328. The van der Waals surface area contributed by atoms with Gasteiger partial charge in [-0.2, -0.15) is 0 Å². The molecule has 0 unspecified atom stereocenters. The standard InChI is InChI=1S/C28H28FN3O2S/c1-16(23-13-19(7-9-22(23)27(30)33)26-15-35-28(32-26)34-2)17-3-5-18(6-4-17)21-11-12-31-25-10-8-20(29)14-24(21)25/h7-18H,3-6H2,1-2H3,(H2,30,33)/t16-,17?,18?/m1/s1. The van der Waals surface area contributed by atoms with Crippen LogP contribution in [0.3, 0.4) is 0 Å². The van der Waals surface area contributed by atoms with Gasteiger partial charge in [-0.25, -0.2) is 9.37 Å². The van der Waals surface area contributed by atoms with E-state index in [1.165, 1.54) is 23.0 Å². The van der Waals surface area contributed by atoms with Crippen LogP contribution in [0, 0.1) is 11.7 Å². The number of amides is 1. The number of rotatable bonds is 6. The number of fused-ring (bicyclic) bond motifs is 1. The summed E-state index contributed by atoms with van der Waals surface area (Å²) in [4.78, 5) is 21.2. The first-order chi connectivity index (χ1) is 16.9. The molecule has 2 heterocycles. The lowest BCUT2D eigenvalue weighted by Crippen LogP contribution is -2.22. The maximum absolute atomic E-state index is 13.9. The molecule has 1 aliphatic rings. The molecular weight excluding hydrogens is 461 g/mol. The maximum atomic E-state index is 13.9. The molecule has 180 valence electrons. The summed E-state index contributed by atoms with van der Waals surface area (Å²) >= 11 is 1.44. The highest BCUT2D eigenvalue weighted by atomic mass is 32.1. The monoisotopic (exact) mass is 489 g/mol. The van der Waals surface area contributed by atoms with Crippen molar-refractivity contribution in [2.24, 2.45) is 11.7 Å². The fraction of sp³-hybridized carbons (Fsp3) is 0.321. The third-order valence-electron chi connectivity index (χ3n) is 7.42. The highest BCUT2D eigenvalue weighted by Crippen LogP contribution is 2.44. The normalized spacial score (nSPS) is 18.9. The number of primary amides is 1. The van der Waals surface area contributed by atoms with Gasteiger partial charge in [0, 0.05) is 28.1 Å². The number of benzene rings is 2. The second-order valence-electron chi connectivity index (χ2n) is 9.33. The number of carbonyl (C=O) groups excluding carboxylic acids is 1. The topological polar surface area (TPSA) is 78.1 Å². The van der Waals surface area contributed by atoms with Crippen LogP contribution < -0.4 is 10.5 Å². The molecule has 5 rings (SSSR count). The molecule has 35 heavy (non-hydrogen) atoms. The molecule has 1 saturated carbocycles. The van der Waals surface area contributed by atoms with E-state index in [9.17, 15) is 9.18 Å². The van der Waals surface area contributed by atoms with Crippen LogP contribution in [-0.2, 0) is 0 Å². The number of methoxy groups -OCH3 is 1. The molecule has 0 aliphatic heterocycles. The van der Waals surface area contributed by atoms with Crippen molar-refractivity contribution in [2.45, 2.75) is 44.4 Å². The Kier molecular flexibility index (Phi) is 6.52. The Morgan fingerprint density at radius 1 is 1.14 bits per heavy atom. The Balaban J connectivity index is 1.38. The van der Waals surface area contributed by atoms with Crippen molar-refractivity contribution in [3.05, 3.63) is 76.5 Å². The van der Waals surface area contributed by atoms with Gasteiger partial charge in [-0.15, -0.1) is 0 Å². The molecule has 7 heteroatoms. The number of thiazole rings is 1. The van der Waals surface area contributed by atoms with Gasteiger partial charge in [-0.1, -0.05) is 24.3 Å². The molecule has 0 spiro atoms. The number of carbonyl (C=O) groups is 1. The lowest BCUT2D eigenvalue weighted by Gasteiger charge is -2.33. The van der Waals surface area contributed by atoms with Gasteiger partial charge in [0.05, 0.1) is 18.3 Å². The molecule has 1 fully saturated rings. The van der Waals surface area contributed by atoms with Gasteiger partial charge in [0.15, 0.2) is 0 Å². The molecule has 2 N–H and O–H groups in total. The molecule has 5 nitrogen and oxygen atoms in total. The summed E-state index contributed by atoms with van der Waals surface area (Å²) in [5.41, 5.74) is 11.1. The predicted octanol–water partition coefficient (Wildman–Crippen LogP) is 6.68. The number of nitrogens with zero attached hydrogens (tertiary/aromatic N) is 2. The number of nitrogens with two attached hydrogens (primary N) is 1. The van der Waals surface area contributed by atoms with Crippen LogP contribution in [0.1, 0.15) is 65.9 Å². The number of ether oxygens (including phenoxy) is 1. The maximum Gasteiger partial charge on any atom is 0.273 e. The third-order valence-corrected chi connectivity index (χ3v) is 8.22. The summed E-state index contributed by atoms with van der Waals surface area (Å²) in [6, 6.07) is 12.6. The van der Waals surface area contributed by atoms with Crippen LogP contribution in [-0.4, -0.2) is 23.0 Å². The fourth-order valence-electron chi connectivity index (χ4n) is 5.49. The second kappa shape index (κ2) is 9.74. The predicted molar refractivity (Wildman–Crippen MR) is 137 cm³/mol. The lowest BCUT2D eigenvalue weighted by molar-refractivity contribution is 0.0998. The van der Waals surface area contributed by atoms with Gasteiger partial charge in [-0.3, -0.25) is 9.78 Å². The fourth-order valence-corrected chi connectivity index (χ4v) is 6.14. The molecule has 1 aliphatic carbocycles. The Bertz CT molecular complexity index is 1380. The summed E-state index contributed by atoms with van der Waals surface area (Å²) in [6.07, 6.45) is 5.90. The van der Waals surface area contributed by atoms with E-state index in [-0.39, 0.29) is 11.7 Å². The molecule has 4 aromatic rings. The van der Waals surface area contributed by atoms with Crippen molar-refractivity contribution in [3.8, 4) is 16.5 Å². The van der Waals surface area contributed by atoms with Crippen molar-refractivity contribution < 1.29 is 13.9 Å². The molecule has 1 atom stereocenters. The van der Waals surface area contributed by atoms with Crippen LogP contribution in [0.25, 0.3) is 22.2 Å². The Morgan fingerprint density at radius 2 is 1.94 bits per heavy atom. The molecule has 2 aromatic heterocycles. The van der Waals surface area contributed by atoms with Gasteiger partial charge >= 0.3 is 0 Å². The molecule has 0 saturated heterocycles. The second-order valence-corrected chi connectivity index (χ2v) is 10.2. The van der Waals surface area contributed by atoms with Crippen LogP contribution in [0.5, 0.6) is 5.19 Å². The summed E-state index contributed by atoms with van der Waals surface area (Å²) in [5.74, 6) is 0.328. The van der Waals surface area contributed by atoms with Gasteiger partial charge in [-0.05, 0) is 91.0 Å². The zero-order valence-corrected chi connectivity index (χ0v) is 20.6. The number of hydrogen-bond acceptors (Lipinski definition) is 5. The molecule has 1 amide bonds. The highest BCUT2D eigenvalue weighted by molar-refractivity contribution is 7.11. The van der Waals surface area contributed by atoms with Crippen molar-refractivity contribution in [2.75, 3.05) is 7.11 Å². The lowest BCUT2D eigenvalue weighted by atomic mass is 9.71. The smallest absolute Gasteiger partial charge is 0.273 e. The van der Waals surface area contributed by atoms with E-state index in [2.05, 4.69) is 23.0 Å². The van der Waals surface area contributed by atoms with Crippen LogP contribution in [0.4, 0.5) is 4.39 Å². The van der Waals surface area contributed by atoms with E-state index in [1.54, 1.807) is 19.2 Å². The molecule has 0 radical (unpaired) electrons. The Hall–Kier alpha value is -3.32. The largest absolute Gasteiger partial charge is 0.473 e.